The summed E-state index contributed by atoms with van der Waals surface area (Å²) in [6.45, 7) is 2.94. The molecule has 3 aromatic rings. The van der Waals surface area contributed by atoms with Crippen LogP contribution in [0.25, 0.3) is 10.9 Å². The zero-order valence-electron chi connectivity index (χ0n) is 11.7. The van der Waals surface area contributed by atoms with Crippen molar-refractivity contribution in [3.05, 3.63) is 46.5 Å². The molecule has 0 aliphatic rings. The molecule has 0 saturated heterocycles. The summed E-state index contributed by atoms with van der Waals surface area (Å²) in [4.78, 5) is 4.40. The minimum atomic E-state index is 0.302. The summed E-state index contributed by atoms with van der Waals surface area (Å²) in [5.74, 6) is 0. The first-order valence-corrected chi connectivity index (χ1v) is 7.71. The Bertz CT molecular complexity index is 687. The van der Waals surface area contributed by atoms with Crippen LogP contribution in [0, 0.1) is 0 Å². The van der Waals surface area contributed by atoms with Crippen molar-refractivity contribution in [3.63, 3.8) is 0 Å². The summed E-state index contributed by atoms with van der Waals surface area (Å²) in [5.41, 5.74) is 2.27. The molecule has 3 rings (SSSR count). The maximum atomic E-state index is 4.61. The van der Waals surface area contributed by atoms with Crippen LogP contribution in [0.5, 0.6) is 0 Å². The van der Waals surface area contributed by atoms with Gasteiger partial charge in [-0.3, -0.25) is 4.68 Å². The number of aryl methyl sites for hydroxylation is 1. The van der Waals surface area contributed by atoms with E-state index in [-0.39, 0.29) is 0 Å². The van der Waals surface area contributed by atoms with Crippen molar-refractivity contribution in [2.75, 3.05) is 0 Å². The normalized spacial score (nSPS) is 12.9. The minimum absolute atomic E-state index is 0.302. The topological polar surface area (TPSA) is 42.7 Å². The van der Waals surface area contributed by atoms with Gasteiger partial charge in [0.05, 0.1) is 17.3 Å². The lowest BCUT2D eigenvalue weighted by Crippen LogP contribution is -2.20. The van der Waals surface area contributed by atoms with Gasteiger partial charge in [-0.05, 0) is 12.5 Å². The molecule has 2 aromatic heterocycles. The van der Waals surface area contributed by atoms with Crippen LogP contribution < -0.4 is 5.32 Å². The summed E-state index contributed by atoms with van der Waals surface area (Å²) >= 11 is 1.70. The Hall–Kier alpha value is -1.72. The fraction of sp³-hybridized carbons (Fsp3) is 0.333. The number of thiazole rings is 1. The fourth-order valence-corrected chi connectivity index (χ4v) is 3.25. The average Bonchev–Trinajstić information content (AvgIpc) is 3.10. The quantitative estimate of drug-likeness (QED) is 0.783. The fourth-order valence-electron chi connectivity index (χ4n) is 2.45. The first-order chi connectivity index (χ1) is 9.79. The monoisotopic (exact) mass is 286 g/mol. The van der Waals surface area contributed by atoms with Crippen molar-refractivity contribution >= 4 is 22.2 Å². The molecule has 104 valence electrons. The number of benzene rings is 1. The SMILES string of the molecule is CCC(NCc1nn(C)c2ccccc12)c1nccs1. The molecule has 1 atom stereocenters. The highest BCUT2D eigenvalue weighted by Gasteiger charge is 2.13. The zero-order chi connectivity index (χ0) is 13.9. The molecule has 0 radical (unpaired) electrons. The summed E-state index contributed by atoms with van der Waals surface area (Å²) in [6.07, 6.45) is 2.89. The number of fused-ring (bicyclic) bond motifs is 1. The van der Waals surface area contributed by atoms with E-state index in [1.165, 1.54) is 10.9 Å². The van der Waals surface area contributed by atoms with E-state index in [4.69, 9.17) is 0 Å². The second kappa shape index (κ2) is 5.73. The maximum absolute atomic E-state index is 4.61. The molecule has 0 fully saturated rings. The first kappa shape index (κ1) is 13.3. The Morgan fingerprint density at radius 2 is 2.20 bits per heavy atom. The van der Waals surface area contributed by atoms with Crippen LogP contribution in [0.1, 0.15) is 30.1 Å². The van der Waals surface area contributed by atoms with Gasteiger partial charge < -0.3 is 5.32 Å². The molecule has 0 amide bonds. The van der Waals surface area contributed by atoms with Gasteiger partial charge in [-0.1, -0.05) is 25.1 Å². The Kier molecular flexibility index (Phi) is 3.80. The molecular weight excluding hydrogens is 268 g/mol. The van der Waals surface area contributed by atoms with Crippen molar-refractivity contribution in [2.24, 2.45) is 7.05 Å². The van der Waals surface area contributed by atoms with Crippen LogP contribution >= 0.6 is 11.3 Å². The largest absolute Gasteiger partial charge is 0.302 e. The van der Waals surface area contributed by atoms with E-state index in [1.807, 2.05) is 29.4 Å². The lowest BCUT2D eigenvalue weighted by atomic mass is 10.2. The van der Waals surface area contributed by atoms with Gasteiger partial charge in [0, 0.05) is 30.6 Å². The van der Waals surface area contributed by atoms with Gasteiger partial charge in [0.2, 0.25) is 0 Å². The van der Waals surface area contributed by atoms with Gasteiger partial charge in [0.15, 0.2) is 0 Å². The van der Waals surface area contributed by atoms with E-state index >= 15 is 0 Å². The van der Waals surface area contributed by atoms with Crippen molar-refractivity contribution in [2.45, 2.75) is 25.9 Å². The molecule has 4 nitrogen and oxygen atoms in total. The number of hydrogen-bond donors (Lipinski definition) is 1. The Morgan fingerprint density at radius 3 is 2.95 bits per heavy atom. The van der Waals surface area contributed by atoms with Crippen molar-refractivity contribution < 1.29 is 0 Å². The van der Waals surface area contributed by atoms with E-state index in [2.05, 4.69) is 40.5 Å². The maximum Gasteiger partial charge on any atom is 0.109 e. The van der Waals surface area contributed by atoms with E-state index in [0.717, 1.165) is 23.7 Å². The standard InChI is InChI=1S/C15H18N4S/c1-3-12(15-16-8-9-20-15)17-10-13-11-6-4-5-7-14(11)19(2)18-13/h4-9,12,17H,3,10H2,1-2H3. The van der Waals surface area contributed by atoms with Crippen LogP contribution in [0.4, 0.5) is 0 Å². The van der Waals surface area contributed by atoms with Crippen LogP contribution in [0.2, 0.25) is 0 Å². The third-order valence-corrected chi connectivity index (χ3v) is 4.40. The van der Waals surface area contributed by atoms with Gasteiger partial charge >= 0.3 is 0 Å². The van der Waals surface area contributed by atoms with E-state index in [1.54, 1.807) is 11.3 Å². The lowest BCUT2D eigenvalue weighted by molar-refractivity contribution is 0.510. The number of para-hydroxylation sites is 1. The van der Waals surface area contributed by atoms with E-state index in [0.29, 0.717) is 6.04 Å². The van der Waals surface area contributed by atoms with Gasteiger partial charge in [0.25, 0.3) is 0 Å². The predicted molar refractivity (Wildman–Crippen MR) is 82.7 cm³/mol. The number of rotatable bonds is 5. The number of hydrogen-bond acceptors (Lipinski definition) is 4. The summed E-state index contributed by atoms with van der Waals surface area (Å²) in [6, 6.07) is 8.64. The molecule has 0 spiro atoms. The highest BCUT2D eigenvalue weighted by atomic mass is 32.1. The minimum Gasteiger partial charge on any atom is -0.302 e. The van der Waals surface area contributed by atoms with Crippen LogP contribution in [-0.2, 0) is 13.6 Å². The molecule has 0 aliphatic heterocycles. The molecule has 1 aromatic carbocycles. The second-order valence-electron chi connectivity index (χ2n) is 4.80. The summed E-state index contributed by atoms with van der Waals surface area (Å²) in [7, 11) is 1.99. The van der Waals surface area contributed by atoms with Crippen molar-refractivity contribution in [1.29, 1.82) is 0 Å². The predicted octanol–water partition coefficient (Wildman–Crippen LogP) is 3.27. The van der Waals surface area contributed by atoms with Gasteiger partial charge in [-0.25, -0.2) is 4.98 Å². The smallest absolute Gasteiger partial charge is 0.109 e. The number of aromatic nitrogens is 3. The summed E-state index contributed by atoms with van der Waals surface area (Å²) in [5, 5.41) is 12.6. The second-order valence-corrected chi connectivity index (χ2v) is 5.73. The first-order valence-electron chi connectivity index (χ1n) is 6.83. The number of nitrogens with zero attached hydrogens (tertiary/aromatic N) is 3. The van der Waals surface area contributed by atoms with Crippen LogP contribution in [-0.4, -0.2) is 14.8 Å². The van der Waals surface area contributed by atoms with Crippen molar-refractivity contribution in [3.8, 4) is 0 Å². The molecule has 0 bridgehead atoms. The Labute approximate surface area is 122 Å². The Balaban J connectivity index is 1.80. The molecule has 0 aliphatic carbocycles. The molecule has 0 saturated carbocycles. The lowest BCUT2D eigenvalue weighted by Gasteiger charge is -2.13. The van der Waals surface area contributed by atoms with Gasteiger partial charge in [-0.15, -0.1) is 11.3 Å². The van der Waals surface area contributed by atoms with Crippen LogP contribution in [0.3, 0.4) is 0 Å². The summed E-state index contributed by atoms with van der Waals surface area (Å²) < 4.78 is 1.94. The molecule has 5 heteroatoms. The number of nitrogens with one attached hydrogen (secondary N) is 1. The zero-order valence-corrected chi connectivity index (χ0v) is 12.5. The van der Waals surface area contributed by atoms with Gasteiger partial charge in [-0.2, -0.15) is 5.10 Å². The molecule has 20 heavy (non-hydrogen) atoms. The highest BCUT2D eigenvalue weighted by molar-refractivity contribution is 7.09. The molecular formula is C15H18N4S. The third kappa shape index (κ3) is 2.46. The highest BCUT2D eigenvalue weighted by Crippen LogP contribution is 2.21. The van der Waals surface area contributed by atoms with Gasteiger partial charge in [0.1, 0.15) is 5.01 Å². The Morgan fingerprint density at radius 1 is 1.35 bits per heavy atom. The molecule has 1 N–H and O–H groups in total. The molecule has 1 unspecified atom stereocenters. The molecule has 2 heterocycles. The van der Waals surface area contributed by atoms with Crippen molar-refractivity contribution in [1.82, 2.24) is 20.1 Å². The van der Waals surface area contributed by atoms with Crippen LogP contribution in [0.15, 0.2) is 35.8 Å². The average molecular weight is 286 g/mol. The third-order valence-electron chi connectivity index (χ3n) is 3.51. The van der Waals surface area contributed by atoms with E-state index in [9.17, 15) is 0 Å². The van der Waals surface area contributed by atoms with E-state index < -0.39 is 0 Å².